The van der Waals surface area contributed by atoms with E-state index in [1.54, 1.807) is 60.5 Å². The third-order valence-corrected chi connectivity index (χ3v) is 18.8. The second kappa shape index (κ2) is 24.4. The van der Waals surface area contributed by atoms with Crippen molar-refractivity contribution in [2.24, 2.45) is 0 Å². The summed E-state index contributed by atoms with van der Waals surface area (Å²) in [6.45, 7) is 8.07. The highest BCUT2D eigenvalue weighted by atomic mass is 28.4. The summed E-state index contributed by atoms with van der Waals surface area (Å²) in [4.78, 5) is 36.5. The van der Waals surface area contributed by atoms with E-state index in [0.717, 1.165) is 27.1 Å². The van der Waals surface area contributed by atoms with Gasteiger partial charge in [-0.15, -0.1) is 0 Å². The zero-order chi connectivity index (χ0) is 55.8. The fourth-order valence-corrected chi connectivity index (χ4v) is 14.6. The highest BCUT2D eigenvalue weighted by Crippen LogP contribution is 2.44. The highest BCUT2D eigenvalue weighted by Gasteiger charge is 2.51. The fourth-order valence-electron chi connectivity index (χ4n) is 9.92. The number of alkyl halides is 3. The Morgan fingerprint density at radius 1 is 0.692 bits per heavy atom. The summed E-state index contributed by atoms with van der Waals surface area (Å²) in [6, 6.07) is 42.8. The number of nitrogens with zero attached hydrogens (tertiary/aromatic N) is 2. The average Bonchev–Trinajstić information content (AvgIpc) is 3.42. The number of aromatic amines is 2. The number of aromatic nitrogens is 3. The van der Waals surface area contributed by atoms with Crippen LogP contribution in [0.2, 0.25) is 5.04 Å². The van der Waals surface area contributed by atoms with Crippen molar-refractivity contribution in [3.8, 4) is 28.5 Å². The summed E-state index contributed by atoms with van der Waals surface area (Å²) in [6.07, 6.45) is -6.27. The zero-order valence-electron chi connectivity index (χ0n) is 44.4. The molecule has 8 rings (SSSR count). The molecule has 0 saturated carbocycles. The van der Waals surface area contributed by atoms with E-state index in [1.165, 1.54) is 27.2 Å². The predicted molar refractivity (Wildman–Crippen MR) is 296 cm³/mol. The van der Waals surface area contributed by atoms with Gasteiger partial charge in [-0.05, 0) is 100 Å². The molecule has 6 aromatic carbocycles. The normalized spacial score (nSPS) is 12.4. The second-order valence-electron chi connectivity index (χ2n) is 19.9. The van der Waals surface area contributed by atoms with Gasteiger partial charge in [-0.3, -0.25) is 9.78 Å². The van der Waals surface area contributed by atoms with E-state index >= 15 is 22.0 Å². The second-order valence-corrected chi connectivity index (χ2v) is 24.2. The number of anilines is 1. The lowest BCUT2D eigenvalue weighted by molar-refractivity contribution is -0.137. The van der Waals surface area contributed by atoms with Gasteiger partial charge in [0, 0.05) is 30.8 Å². The van der Waals surface area contributed by atoms with Gasteiger partial charge in [-0.1, -0.05) is 118 Å². The van der Waals surface area contributed by atoms with Gasteiger partial charge in [0.15, 0.2) is 5.82 Å². The van der Waals surface area contributed by atoms with Gasteiger partial charge in [0.05, 0.1) is 57.4 Å². The van der Waals surface area contributed by atoms with Crippen LogP contribution < -0.4 is 46.0 Å². The largest absolute Gasteiger partial charge is 0.497 e. The molecule has 0 unspecified atom stereocenters. The third-order valence-electron chi connectivity index (χ3n) is 13.7. The number of pyridine rings is 1. The Hall–Kier alpha value is -7.64. The lowest BCUT2D eigenvalue weighted by Crippen LogP contribution is -2.68. The molecular weight excluding hydrogens is 1030 g/mol. The molecule has 0 saturated heterocycles. The van der Waals surface area contributed by atoms with Crippen LogP contribution in [0.3, 0.4) is 0 Å². The van der Waals surface area contributed by atoms with Crippen molar-refractivity contribution in [2.75, 3.05) is 45.9 Å². The molecule has 8 aromatic rings. The summed E-state index contributed by atoms with van der Waals surface area (Å²) in [5.74, 6) is -0.933. The minimum Gasteiger partial charge on any atom is -0.497 e. The third kappa shape index (κ3) is 12.5. The van der Waals surface area contributed by atoms with E-state index in [0.29, 0.717) is 17.2 Å². The fraction of sp³-hybridized carbons (Fsp3) is 0.283. The monoisotopic (exact) mass is 1090 g/mol. The number of ether oxygens (including phenoxy) is 4. The predicted octanol–water partition coefficient (Wildman–Crippen LogP) is 10.4. The van der Waals surface area contributed by atoms with E-state index in [9.17, 15) is 9.59 Å². The van der Waals surface area contributed by atoms with Crippen LogP contribution in [-0.2, 0) is 41.5 Å². The highest BCUT2D eigenvalue weighted by molar-refractivity contribution is 6.99. The number of hydrogen-bond donors (Lipinski definition) is 3. The van der Waals surface area contributed by atoms with Crippen LogP contribution in [0.4, 0.5) is 27.8 Å². The topological polar surface area (TPSA) is 140 Å². The first-order valence-electron chi connectivity index (χ1n) is 25.3. The molecule has 0 bridgehead atoms. The molecule has 2 aromatic heterocycles. The molecular formula is C60H62F5N5O7Si. The van der Waals surface area contributed by atoms with Crippen LogP contribution in [0, 0.1) is 18.6 Å². The van der Waals surface area contributed by atoms with Crippen molar-refractivity contribution in [3.63, 3.8) is 0 Å². The number of aryl methyl sites for hydroxylation is 1. The molecule has 0 aliphatic heterocycles. The summed E-state index contributed by atoms with van der Waals surface area (Å²) in [5, 5.41) is 4.01. The number of nitrogens with one attached hydrogen (secondary N) is 3. The first-order chi connectivity index (χ1) is 37.3. The quantitative estimate of drug-likeness (QED) is 0.0341. The molecule has 0 amide bonds. The van der Waals surface area contributed by atoms with Crippen LogP contribution in [-0.4, -0.2) is 70.4 Å². The number of methoxy groups -OCH3 is 3. The van der Waals surface area contributed by atoms with Gasteiger partial charge in [-0.2, -0.15) is 13.2 Å². The number of rotatable bonds is 22. The van der Waals surface area contributed by atoms with E-state index in [2.05, 4.69) is 60.3 Å². The molecule has 0 spiro atoms. The van der Waals surface area contributed by atoms with Gasteiger partial charge in [0.25, 0.3) is 13.9 Å². The van der Waals surface area contributed by atoms with Gasteiger partial charge in [0.2, 0.25) is 0 Å². The first-order valence-corrected chi connectivity index (χ1v) is 27.2. The van der Waals surface area contributed by atoms with Crippen molar-refractivity contribution in [1.29, 1.82) is 0 Å². The average molecular weight is 1090 g/mol. The van der Waals surface area contributed by atoms with Crippen molar-refractivity contribution >= 4 is 35.4 Å². The van der Waals surface area contributed by atoms with Gasteiger partial charge < -0.3 is 38.6 Å². The molecule has 0 fully saturated rings. The standard InChI is InChI=1S/C60H62F5N5O7Si/c1-38-32-49(70(34-39-18-24-42(73-5)25-19-39)35-40-20-26-43(74-6)27-21-40)67-55(52(38)60(63,64)65)50-48(53(61)51-56(54(50)62)68-58(72)69-57(51)71)30-31-66-33-45(37-76-36-41-22-28-44(75-7)29-23-41)77-78(59(2,3)4,46-14-10-8-11-15-46)47-16-12-9-13-17-47/h8-29,32,45,66H,30-31,33-37H2,1-7H3,(H2,68,69,71,72)/t45-/m1/s1. The Kier molecular flexibility index (Phi) is 17.7. The van der Waals surface area contributed by atoms with Gasteiger partial charge in [0.1, 0.15) is 34.3 Å². The SMILES string of the molecule is COc1ccc(COC[C@@H](CNCCc2c(-c3nc(N(Cc4ccc(OC)cc4)Cc4ccc(OC)cc4)cc(C)c3C(F)(F)F)c(F)c3[nH]c(=O)[nH]c(=O)c3c2F)O[Si](c2ccccc2)(c2ccccc2)C(C)(C)C)cc1. The van der Waals surface area contributed by atoms with Crippen LogP contribution in [0.25, 0.3) is 22.2 Å². The lowest BCUT2D eigenvalue weighted by atomic mass is 9.92. The van der Waals surface area contributed by atoms with Crippen LogP contribution in [0.15, 0.2) is 149 Å². The maximum atomic E-state index is 17.6. The minimum absolute atomic E-state index is 0.00322. The minimum atomic E-state index is -5.14. The first kappa shape index (κ1) is 56.6. The molecule has 408 valence electrons. The smallest absolute Gasteiger partial charge is 0.418 e. The Balaban J connectivity index is 1.21. The van der Waals surface area contributed by atoms with Crippen molar-refractivity contribution in [1.82, 2.24) is 20.3 Å². The van der Waals surface area contributed by atoms with E-state index < -0.39 is 88.2 Å². The maximum Gasteiger partial charge on any atom is 0.418 e. The summed E-state index contributed by atoms with van der Waals surface area (Å²) in [7, 11) is 1.40. The van der Waals surface area contributed by atoms with E-state index in [1.807, 2.05) is 65.6 Å². The van der Waals surface area contributed by atoms with Gasteiger partial charge in [-0.25, -0.2) is 18.6 Å². The molecule has 12 nitrogen and oxygen atoms in total. The Bertz CT molecular complexity index is 3340. The summed E-state index contributed by atoms with van der Waals surface area (Å²) >= 11 is 0. The number of hydrogen-bond acceptors (Lipinski definition) is 10. The molecule has 18 heteroatoms. The number of halogens is 5. The molecule has 0 aliphatic rings. The molecule has 78 heavy (non-hydrogen) atoms. The lowest BCUT2D eigenvalue weighted by Gasteiger charge is -2.45. The van der Waals surface area contributed by atoms with Crippen LogP contribution in [0.1, 0.15) is 54.2 Å². The van der Waals surface area contributed by atoms with Gasteiger partial charge >= 0.3 is 11.9 Å². The molecule has 3 N–H and O–H groups in total. The molecule has 0 radical (unpaired) electrons. The Morgan fingerprint density at radius 3 is 1.69 bits per heavy atom. The van der Waals surface area contributed by atoms with E-state index in [4.69, 9.17) is 23.4 Å². The van der Waals surface area contributed by atoms with Crippen molar-refractivity contribution in [3.05, 3.63) is 205 Å². The molecule has 2 heterocycles. The zero-order valence-corrected chi connectivity index (χ0v) is 45.4. The molecule has 0 aliphatic carbocycles. The number of H-pyrrole nitrogens is 2. The summed E-state index contributed by atoms with van der Waals surface area (Å²) in [5.41, 5.74) is -5.04. The van der Waals surface area contributed by atoms with Crippen molar-refractivity contribution in [2.45, 2.75) is 71.1 Å². The Labute approximate surface area is 450 Å². The summed E-state index contributed by atoms with van der Waals surface area (Å²) < 4.78 is 112. The van der Waals surface area contributed by atoms with Crippen LogP contribution >= 0.6 is 0 Å². The van der Waals surface area contributed by atoms with Crippen LogP contribution in [0.5, 0.6) is 17.2 Å². The molecule has 1 atom stereocenters. The Morgan fingerprint density at radius 2 is 1.21 bits per heavy atom. The van der Waals surface area contributed by atoms with Crippen molar-refractivity contribution < 1.29 is 45.3 Å². The number of benzene rings is 6. The maximum absolute atomic E-state index is 17.6. The van der Waals surface area contributed by atoms with E-state index in [-0.39, 0.29) is 50.8 Å². The number of fused-ring (bicyclic) bond motifs is 1.